The van der Waals surface area contributed by atoms with Crippen LogP contribution in [0, 0.1) is 24.2 Å². The molecule has 120 valence electrons. The lowest BCUT2D eigenvalue weighted by atomic mass is 9.68. The fourth-order valence-corrected chi connectivity index (χ4v) is 4.62. The van der Waals surface area contributed by atoms with Crippen molar-refractivity contribution in [3.63, 3.8) is 0 Å². The minimum atomic E-state index is 0.482. The van der Waals surface area contributed by atoms with Crippen molar-refractivity contribution in [3.8, 4) is 0 Å². The van der Waals surface area contributed by atoms with Gasteiger partial charge in [-0.15, -0.1) is 11.3 Å². The van der Waals surface area contributed by atoms with Crippen molar-refractivity contribution in [1.29, 1.82) is 0 Å². The Hall–Kier alpha value is -0.340. The van der Waals surface area contributed by atoms with Crippen LogP contribution in [0.15, 0.2) is 11.4 Å². The molecule has 0 radical (unpaired) electrons. The Morgan fingerprint density at radius 2 is 1.90 bits per heavy atom. The highest BCUT2D eigenvalue weighted by Gasteiger charge is 2.33. The zero-order chi connectivity index (χ0) is 15.5. The smallest absolute Gasteiger partial charge is 0.0359 e. The zero-order valence-electron chi connectivity index (χ0n) is 14.5. The van der Waals surface area contributed by atoms with Crippen molar-refractivity contribution in [3.05, 3.63) is 21.9 Å². The Morgan fingerprint density at radius 1 is 1.24 bits per heavy atom. The van der Waals surface area contributed by atoms with Gasteiger partial charge in [0.15, 0.2) is 0 Å². The molecule has 0 amide bonds. The molecule has 0 aliphatic heterocycles. The molecular weight excluding hydrogens is 274 g/mol. The first-order valence-corrected chi connectivity index (χ1v) is 9.58. The van der Waals surface area contributed by atoms with Crippen LogP contribution >= 0.6 is 11.3 Å². The maximum atomic E-state index is 3.84. The van der Waals surface area contributed by atoms with Crippen LogP contribution in [0.3, 0.4) is 0 Å². The van der Waals surface area contributed by atoms with Crippen molar-refractivity contribution in [2.24, 2.45) is 17.3 Å². The van der Waals surface area contributed by atoms with Crippen molar-refractivity contribution in [2.75, 3.05) is 6.54 Å². The van der Waals surface area contributed by atoms with E-state index in [1.807, 2.05) is 11.3 Å². The van der Waals surface area contributed by atoms with Gasteiger partial charge in [0.2, 0.25) is 0 Å². The van der Waals surface area contributed by atoms with E-state index in [1.165, 1.54) is 37.0 Å². The Bertz CT molecular complexity index is 421. The van der Waals surface area contributed by atoms with Crippen molar-refractivity contribution < 1.29 is 0 Å². The molecule has 1 heterocycles. The predicted molar refractivity (Wildman–Crippen MR) is 95.0 cm³/mol. The highest BCUT2D eigenvalue weighted by molar-refractivity contribution is 7.10. The summed E-state index contributed by atoms with van der Waals surface area (Å²) >= 11 is 1.89. The van der Waals surface area contributed by atoms with Crippen molar-refractivity contribution in [1.82, 2.24) is 5.32 Å². The van der Waals surface area contributed by atoms with Crippen LogP contribution in [0.1, 0.15) is 76.3 Å². The van der Waals surface area contributed by atoms with Gasteiger partial charge in [-0.25, -0.2) is 0 Å². The van der Waals surface area contributed by atoms with Gasteiger partial charge in [-0.2, -0.15) is 0 Å². The van der Waals surface area contributed by atoms with E-state index in [1.54, 1.807) is 5.56 Å². The molecule has 0 spiro atoms. The van der Waals surface area contributed by atoms with E-state index in [4.69, 9.17) is 0 Å². The minimum Gasteiger partial charge on any atom is -0.310 e. The molecule has 1 aliphatic rings. The van der Waals surface area contributed by atoms with E-state index < -0.39 is 0 Å². The van der Waals surface area contributed by atoms with E-state index in [0.29, 0.717) is 11.5 Å². The Morgan fingerprint density at radius 3 is 2.38 bits per heavy atom. The number of thiophene rings is 1. The molecule has 2 heteroatoms. The molecule has 0 saturated heterocycles. The number of hydrogen-bond acceptors (Lipinski definition) is 2. The Labute approximate surface area is 135 Å². The topological polar surface area (TPSA) is 12.0 Å². The molecule has 1 unspecified atom stereocenters. The molecule has 1 nitrogen and oxygen atoms in total. The molecule has 2 rings (SSSR count). The lowest BCUT2D eigenvalue weighted by Crippen LogP contribution is -2.34. The molecule has 1 atom stereocenters. The van der Waals surface area contributed by atoms with Gasteiger partial charge in [-0.05, 0) is 79.8 Å². The quantitative estimate of drug-likeness (QED) is 0.708. The zero-order valence-corrected chi connectivity index (χ0v) is 15.4. The fourth-order valence-electron chi connectivity index (χ4n) is 3.87. The van der Waals surface area contributed by atoms with Crippen LogP contribution in [0.25, 0.3) is 0 Å². The molecular formula is C19H33NS. The second kappa shape index (κ2) is 7.28. The maximum Gasteiger partial charge on any atom is 0.0359 e. The molecule has 1 fully saturated rings. The molecule has 1 saturated carbocycles. The lowest BCUT2D eigenvalue weighted by Gasteiger charge is -2.40. The molecule has 1 aliphatic carbocycles. The number of hydrogen-bond donors (Lipinski definition) is 1. The van der Waals surface area contributed by atoms with Gasteiger partial charge < -0.3 is 5.32 Å². The van der Waals surface area contributed by atoms with Crippen LogP contribution in [-0.4, -0.2) is 6.54 Å². The summed E-state index contributed by atoms with van der Waals surface area (Å²) in [6.07, 6.45) is 6.80. The van der Waals surface area contributed by atoms with Gasteiger partial charge in [0.1, 0.15) is 0 Å². The van der Waals surface area contributed by atoms with Crippen LogP contribution < -0.4 is 5.32 Å². The largest absolute Gasteiger partial charge is 0.310 e. The third kappa shape index (κ3) is 4.32. The number of nitrogens with one attached hydrogen (secondary N) is 1. The summed E-state index contributed by atoms with van der Waals surface area (Å²) in [6, 6.07) is 2.93. The second-order valence-corrected chi connectivity index (χ2v) is 8.96. The number of rotatable bonds is 5. The first-order chi connectivity index (χ1) is 9.93. The summed E-state index contributed by atoms with van der Waals surface area (Å²) in [6.45, 7) is 12.9. The summed E-state index contributed by atoms with van der Waals surface area (Å²) in [5, 5.41) is 6.10. The van der Waals surface area contributed by atoms with Crippen LogP contribution in [0.2, 0.25) is 0 Å². The maximum absolute atomic E-state index is 3.84. The molecule has 1 aromatic heterocycles. The third-order valence-electron chi connectivity index (χ3n) is 5.32. The third-order valence-corrected chi connectivity index (χ3v) is 6.18. The SMILES string of the molecule is CCCNC(c1ccsc1C)C1CCC(C(C)(C)C)CC1. The van der Waals surface area contributed by atoms with E-state index >= 15 is 0 Å². The molecule has 0 aromatic carbocycles. The Kier molecular flexibility index (Phi) is 5.90. The summed E-state index contributed by atoms with van der Waals surface area (Å²) in [4.78, 5) is 1.50. The minimum absolute atomic E-state index is 0.482. The van der Waals surface area contributed by atoms with E-state index in [0.717, 1.165) is 18.4 Å². The highest BCUT2D eigenvalue weighted by atomic mass is 32.1. The second-order valence-electron chi connectivity index (χ2n) is 7.84. The summed E-state index contributed by atoms with van der Waals surface area (Å²) in [5.41, 5.74) is 2.04. The van der Waals surface area contributed by atoms with Gasteiger partial charge >= 0.3 is 0 Å². The van der Waals surface area contributed by atoms with Gasteiger partial charge in [-0.3, -0.25) is 0 Å². The van der Waals surface area contributed by atoms with E-state index in [9.17, 15) is 0 Å². The van der Waals surface area contributed by atoms with Crippen molar-refractivity contribution in [2.45, 2.75) is 72.8 Å². The first-order valence-electron chi connectivity index (χ1n) is 8.70. The fraction of sp³-hybridized carbons (Fsp3) is 0.789. The summed E-state index contributed by atoms with van der Waals surface area (Å²) in [5.74, 6) is 1.73. The van der Waals surface area contributed by atoms with E-state index in [2.05, 4.69) is 51.4 Å². The van der Waals surface area contributed by atoms with Crippen molar-refractivity contribution >= 4 is 11.3 Å². The predicted octanol–water partition coefficient (Wildman–Crippen LogP) is 5.95. The number of aryl methyl sites for hydroxylation is 1. The van der Waals surface area contributed by atoms with Gasteiger partial charge in [0.25, 0.3) is 0 Å². The average Bonchev–Trinajstić information content (AvgIpc) is 2.85. The van der Waals surface area contributed by atoms with Crippen LogP contribution in [0.4, 0.5) is 0 Å². The van der Waals surface area contributed by atoms with Gasteiger partial charge in [-0.1, -0.05) is 27.7 Å². The summed E-state index contributed by atoms with van der Waals surface area (Å²) in [7, 11) is 0. The lowest BCUT2D eigenvalue weighted by molar-refractivity contribution is 0.132. The highest BCUT2D eigenvalue weighted by Crippen LogP contribution is 2.44. The standard InChI is InChI=1S/C19H33NS/c1-6-12-20-18(17-11-13-21-14(17)2)15-7-9-16(10-8-15)19(3,4)5/h11,13,15-16,18,20H,6-10,12H2,1-5H3. The van der Waals surface area contributed by atoms with Gasteiger partial charge in [0, 0.05) is 10.9 Å². The van der Waals surface area contributed by atoms with Crippen LogP contribution in [0.5, 0.6) is 0 Å². The molecule has 1 N–H and O–H groups in total. The molecule has 1 aromatic rings. The monoisotopic (exact) mass is 307 g/mol. The van der Waals surface area contributed by atoms with Gasteiger partial charge in [0.05, 0.1) is 0 Å². The normalized spacial score (nSPS) is 25.0. The average molecular weight is 308 g/mol. The molecule has 21 heavy (non-hydrogen) atoms. The molecule has 0 bridgehead atoms. The van der Waals surface area contributed by atoms with Crippen LogP contribution in [-0.2, 0) is 0 Å². The summed E-state index contributed by atoms with van der Waals surface area (Å²) < 4.78 is 0. The Balaban J connectivity index is 2.04. The van der Waals surface area contributed by atoms with E-state index in [-0.39, 0.29) is 0 Å². The first kappa shape index (κ1) is 17.0.